The molecule has 0 aliphatic heterocycles. The Morgan fingerprint density at radius 2 is 1.86 bits per heavy atom. The molecule has 224 valence electrons. The summed E-state index contributed by atoms with van der Waals surface area (Å²) in [5, 5.41) is 0.430. The summed E-state index contributed by atoms with van der Waals surface area (Å²) in [6, 6.07) is 7.47. The van der Waals surface area contributed by atoms with Gasteiger partial charge in [-0.05, 0) is 64.0 Å². The first-order valence-corrected chi connectivity index (χ1v) is 15.0. The molecule has 3 heterocycles. The lowest BCUT2D eigenvalue weighted by Crippen LogP contribution is -2.48. The number of alkyl halides is 2. The minimum atomic E-state index is -2.61. The second kappa shape index (κ2) is 10.4. The Morgan fingerprint density at radius 3 is 2.48 bits per heavy atom. The predicted molar refractivity (Wildman–Crippen MR) is 157 cm³/mol. The van der Waals surface area contributed by atoms with Gasteiger partial charge in [-0.25, -0.2) is 18.6 Å². The van der Waals surface area contributed by atoms with Crippen molar-refractivity contribution < 1.29 is 22.7 Å². The van der Waals surface area contributed by atoms with E-state index in [1.54, 1.807) is 11.7 Å². The molecule has 3 unspecified atom stereocenters. The summed E-state index contributed by atoms with van der Waals surface area (Å²) in [5.74, 6) is -1.79. The third-order valence-electron chi connectivity index (χ3n) is 8.62. The Kier molecular flexibility index (Phi) is 7.16. The summed E-state index contributed by atoms with van der Waals surface area (Å²) in [6.45, 7) is 7.40. The zero-order valence-corrected chi connectivity index (χ0v) is 25.2. The van der Waals surface area contributed by atoms with E-state index >= 15 is 0 Å². The molecule has 0 amide bonds. The Balaban J connectivity index is 1.48. The van der Waals surface area contributed by atoms with E-state index in [1.165, 1.54) is 28.4 Å². The fourth-order valence-corrected chi connectivity index (χ4v) is 8.04. The van der Waals surface area contributed by atoms with Crippen LogP contribution in [0.5, 0.6) is 5.75 Å². The zero-order chi connectivity index (χ0) is 30.0. The molecule has 0 spiro atoms. The van der Waals surface area contributed by atoms with Crippen LogP contribution < -0.4 is 16.0 Å². The van der Waals surface area contributed by atoms with Crippen molar-refractivity contribution in [2.24, 2.45) is 11.8 Å². The maximum atomic E-state index is 14.2. The number of aromatic nitrogens is 3. The SMILES string of the molecule is COc1ccccc1C(Cn1c(=O)n(C(C)(C)C)c(=O)c2c(C)c(-c3ncco3)sc21)OC1CC2CC(F)(F)CC2C1. The van der Waals surface area contributed by atoms with Crippen LogP contribution in [-0.4, -0.2) is 33.3 Å². The molecule has 3 atom stereocenters. The minimum absolute atomic E-state index is 0.0798. The number of rotatable bonds is 7. The number of methoxy groups -OCH3 is 1. The second-order valence-electron chi connectivity index (χ2n) is 12.5. The number of nitrogens with zero attached hydrogens (tertiary/aromatic N) is 3. The van der Waals surface area contributed by atoms with Crippen molar-refractivity contribution >= 4 is 21.6 Å². The van der Waals surface area contributed by atoms with Gasteiger partial charge in [0.1, 0.15) is 22.9 Å². The van der Waals surface area contributed by atoms with Crippen LogP contribution in [0.4, 0.5) is 8.78 Å². The second-order valence-corrected chi connectivity index (χ2v) is 13.5. The van der Waals surface area contributed by atoms with Crippen molar-refractivity contribution in [2.75, 3.05) is 7.11 Å². The smallest absolute Gasteiger partial charge is 0.332 e. The number of aryl methyl sites for hydroxylation is 1. The Bertz CT molecular complexity index is 1720. The average Bonchev–Trinajstić information content (AvgIpc) is 3.68. The molecule has 2 fully saturated rings. The quantitative estimate of drug-likeness (QED) is 0.240. The van der Waals surface area contributed by atoms with Crippen LogP contribution in [0.2, 0.25) is 0 Å². The Hall–Kier alpha value is -3.31. The lowest BCUT2D eigenvalue weighted by Gasteiger charge is -2.28. The lowest BCUT2D eigenvalue weighted by atomic mass is 10.0. The van der Waals surface area contributed by atoms with Gasteiger partial charge in [0.15, 0.2) is 0 Å². The fraction of sp³-hybridized carbons (Fsp3) is 0.516. The van der Waals surface area contributed by atoms with Crippen molar-refractivity contribution in [1.82, 2.24) is 14.1 Å². The van der Waals surface area contributed by atoms with Crippen LogP contribution in [0.3, 0.4) is 0 Å². The molecule has 11 heteroatoms. The number of ether oxygens (including phenoxy) is 2. The first-order chi connectivity index (χ1) is 19.9. The van der Waals surface area contributed by atoms with Crippen molar-refractivity contribution in [3.63, 3.8) is 0 Å². The molecule has 0 radical (unpaired) electrons. The van der Waals surface area contributed by atoms with Crippen LogP contribution in [0, 0.1) is 18.8 Å². The molecular weight excluding hydrogens is 564 g/mol. The third-order valence-corrected chi connectivity index (χ3v) is 9.92. The highest BCUT2D eigenvalue weighted by atomic mass is 32.1. The first kappa shape index (κ1) is 28.8. The van der Waals surface area contributed by atoms with Gasteiger partial charge in [0.2, 0.25) is 11.8 Å². The molecule has 1 aromatic carbocycles. The van der Waals surface area contributed by atoms with E-state index in [2.05, 4.69) is 4.98 Å². The van der Waals surface area contributed by atoms with E-state index in [9.17, 15) is 18.4 Å². The van der Waals surface area contributed by atoms with Gasteiger partial charge >= 0.3 is 5.69 Å². The average molecular weight is 600 g/mol. The summed E-state index contributed by atoms with van der Waals surface area (Å²) in [7, 11) is 1.58. The van der Waals surface area contributed by atoms with Gasteiger partial charge in [-0.15, -0.1) is 11.3 Å². The van der Waals surface area contributed by atoms with Gasteiger partial charge in [-0.3, -0.25) is 13.9 Å². The number of para-hydroxylation sites is 1. The topological polar surface area (TPSA) is 88.5 Å². The molecule has 2 saturated carbocycles. The summed E-state index contributed by atoms with van der Waals surface area (Å²) in [6.07, 6.45) is 3.02. The largest absolute Gasteiger partial charge is 0.496 e. The van der Waals surface area contributed by atoms with E-state index in [4.69, 9.17) is 13.9 Å². The molecule has 6 rings (SSSR count). The monoisotopic (exact) mass is 599 g/mol. The number of oxazole rings is 1. The summed E-state index contributed by atoms with van der Waals surface area (Å²) in [4.78, 5) is 33.5. The van der Waals surface area contributed by atoms with Crippen molar-refractivity contribution in [1.29, 1.82) is 0 Å². The molecule has 3 aromatic heterocycles. The number of benzene rings is 1. The first-order valence-electron chi connectivity index (χ1n) is 14.2. The van der Waals surface area contributed by atoms with Gasteiger partial charge in [0.05, 0.1) is 36.2 Å². The van der Waals surface area contributed by atoms with E-state index in [0.29, 0.717) is 45.1 Å². The third kappa shape index (κ3) is 5.00. The number of thiophene rings is 1. The van der Waals surface area contributed by atoms with Crippen LogP contribution in [0.25, 0.3) is 21.0 Å². The van der Waals surface area contributed by atoms with Gasteiger partial charge in [-0.1, -0.05) is 18.2 Å². The van der Waals surface area contributed by atoms with Gasteiger partial charge in [0, 0.05) is 23.9 Å². The normalized spacial score (nSPS) is 22.5. The molecular formula is C31H35F2N3O5S. The van der Waals surface area contributed by atoms with Crippen LogP contribution in [0.15, 0.2) is 50.7 Å². The van der Waals surface area contributed by atoms with E-state index in [-0.39, 0.29) is 42.9 Å². The number of hydrogen-bond acceptors (Lipinski definition) is 7. The maximum Gasteiger partial charge on any atom is 0.332 e. The van der Waals surface area contributed by atoms with Gasteiger partial charge in [-0.2, -0.15) is 0 Å². The summed E-state index contributed by atoms with van der Waals surface area (Å²) in [5.41, 5.74) is -0.182. The Labute approximate surface area is 245 Å². The molecule has 2 aliphatic carbocycles. The highest BCUT2D eigenvalue weighted by Gasteiger charge is 2.51. The molecule has 0 N–H and O–H groups in total. The van der Waals surface area contributed by atoms with Crippen molar-refractivity contribution in [3.8, 4) is 16.5 Å². The standard InChI is InChI=1S/C31H35F2N3O5S/c1-17-24-27(37)36(30(2,3)4)29(38)35(28(24)42-25(17)26-34-10-11-40-26)16-23(21-8-6-7-9-22(21)39-5)41-20-12-18-14-31(32,33)15-19(18)13-20/h6-11,18-20,23H,12-16H2,1-5H3. The van der Waals surface area contributed by atoms with Crippen molar-refractivity contribution in [3.05, 3.63) is 68.7 Å². The van der Waals surface area contributed by atoms with Gasteiger partial charge in [0.25, 0.3) is 5.56 Å². The summed E-state index contributed by atoms with van der Waals surface area (Å²) >= 11 is 1.28. The highest BCUT2D eigenvalue weighted by Crippen LogP contribution is 2.52. The minimum Gasteiger partial charge on any atom is -0.496 e. The lowest BCUT2D eigenvalue weighted by molar-refractivity contribution is -0.0385. The summed E-state index contributed by atoms with van der Waals surface area (Å²) < 4.78 is 49.0. The van der Waals surface area contributed by atoms with Gasteiger partial charge < -0.3 is 13.9 Å². The fourth-order valence-electron chi connectivity index (χ4n) is 6.80. The maximum absolute atomic E-state index is 14.2. The predicted octanol–water partition coefficient (Wildman–Crippen LogP) is 6.53. The molecule has 2 aliphatic rings. The number of fused-ring (bicyclic) bond motifs is 2. The molecule has 42 heavy (non-hydrogen) atoms. The Morgan fingerprint density at radius 1 is 1.17 bits per heavy atom. The van der Waals surface area contributed by atoms with E-state index in [1.807, 2.05) is 52.0 Å². The van der Waals surface area contributed by atoms with Crippen LogP contribution in [-0.2, 0) is 16.8 Å². The molecule has 0 saturated heterocycles. The van der Waals surface area contributed by atoms with Crippen molar-refractivity contribution in [2.45, 2.75) is 83.6 Å². The molecule has 8 nitrogen and oxygen atoms in total. The zero-order valence-electron chi connectivity index (χ0n) is 24.4. The van der Waals surface area contributed by atoms with Crippen LogP contribution in [0.1, 0.15) is 63.7 Å². The van der Waals surface area contributed by atoms with E-state index < -0.39 is 23.3 Å². The van der Waals surface area contributed by atoms with Crippen LogP contribution >= 0.6 is 11.3 Å². The van der Waals surface area contributed by atoms with E-state index in [0.717, 1.165) is 5.56 Å². The molecule has 4 aromatic rings. The number of hydrogen-bond donors (Lipinski definition) is 0. The highest BCUT2D eigenvalue weighted by molar-refractivity contribution is 7.22. The number of halogens is 2. The molecule has 0 bridgehead atoms.